The van der Waals surface area contributed by atoms with Gasteiger partial charge in [0, 0.05) is 26.3 Å². The minimum Gasteiger partial charge on any atom is -0.393 e. The monoisotopic (exact) mass is 292 g/mol. The Bertz CT molecular complexity index is 514. The second-order valence-electron chi connectivity index (χ2n) is 6.30. The first-order chi connectivity index (χ1) is 10.1. The maximum absolute atomic E-state index is 12.8. The average molecular weight is 292 g/mol. The number of aromatic nitrogens is 2. The molecule has 3 atom stereocenters. The number of carbonyl (C=O) groups excluding carboxylic acids is 1. The summed E-state index contributed by atoms with van der Waals surface area (Å²) in [6.07, 6.45) is 6.27. The van der Waals surface area contributed by atoms with Gasteiger partial charge in [-0.2, -0.15) is 5.10 Å². The van der Waals surface area contributed by atoms with E-state index < -0.39 is 0 Å². The highest BCUT2D eigenvalue weighted by Gasteiger charge is 2.38. The van der Waals surface area contributed by atoms with E-state index in [0.29, 0.717) is 5.92 Å². The normalized spacial score (nSPS) is 29.1. The molecule has 21 heavy (non-hydrogen) atoms. The van der Waals surface area contributed by atoms with E-state index in [1.54, 1.807) is 10.9 Å². The highest BCUT2D eigenvalue weighted by atomic mass is 16.3. The number of anilines is 1. The van der Waals surface area contributed by atoms with Gasteiger partial charge in [0.15, 0.2) is 0 Å². The topological polar surface area (TPSA) is 61.6 Å². The van der Waals surface area contributed by atoms with E-state index in [0.717, 1.165) is 44.6 Å². The molecular formula is C15H24N4O2. The molecular weight excluding hydrogens is 268 g/mol. The van der Waals surface area contributed by atoms with Crippen molar-refractivity contribution >= 4 is 11.6 Å². The van der Waals surface area contributed by atoms with Crippen LogP contribution in [0.4, 0.5) is 5.69 Å². The number of aliphatic hydroxyl groups is 1. The van der Waals surface area contributed by atoms with Crippen molar-refractivity contribution in [3.63, 3.8) is 0 Å². The third-order valence-corrected chi connectivity index (χ3v) is 4.79. The molecule has 6 nitrogen and oxygen atoms in total. The van der Waals surface area contributed by atoms with Crippen LogP contribution in [0.25, 0.3) is 0 Å². The van der Waals surface area contributed by atoms with Gasteiger partial charge < -0.3 is 10.0 Å². The number of hydrogen-bond acceptors (Lipinski definition) is 4. The van der Waals surface area contributed by atoms with Crippen LogP contribution in [0.2, 0.25) is 0 Å². The van der Waals surface area contributed by atoms with Crippen LogP contribution in [0, 0.1) is 5.92 Å². The van der Waals surface area contributed by atoms with Gasteiger partial charge in [-0.15, -0.1) is 0 Å². The molecule has 1 aromatic heterocycles. The van der Waals surface area contributed by atoms with E-state index in [1.165, 1.54) is 0 Å². The van der Waals surface area contributed by atoms with Gasteiger partial charge in [-0.25, -0.2) is 0 Å². The van der Waals surface area contributed by atoms with Gasteiger partial charge in [0.25, 0.3) is 0 Å². The molecule has 116 valence electrons. The summed E-state index contributed by atoms with van der Waals surface area (Å²) in [7, 11) is 1.86. The largest absolute Gasteiger partial charge is 0.393 e. The summed E-state index contributed by atoms with van der Waals surface area (Å²) in [4.78, 5) is 16.9. The van der Waals surface area contributed by atoms with E-state index in [2.05, 4.69) is 10.00 Å². The fourth-order valence-electron chi connectivity index (χ4n) is 3.49. The number of rotatable bonds is 3. The third kappa shape index (κ3) is 2.82. The lowest BCUT2D eigenvalue weighted by molar-refractivity contribution is -0.125. The molecule has 3 rings (SSSR count). The number of hydrogen-bond donors (Lipinski definition) is 1. The molecule has 0 aromatic carbocycles. The van der Waals surface area contributed by atoms with Gasteiger partial charge in [-0.3, -0.25) is 14.4 Å². The minimum atomic E-state index is -0.289. The molecule has 3 unspecified atom stereocenters. The predicted molar refractivity (Wildman–Crippen MR) is 79.9 cm³/mol. The Morgan fingerprint density at radius 2 is 2.19 bits per heavy atom. The molecule has 0 aliphatic carbocycles. The maximum atomic E-state index is 12.8. The molecule has 0 radical (unpaired) electrons. The minimum absolute atomic E-state index is 0.0392. The molecule has 2 aliphatic rings. The quantitative estimate of drug-likeness (QED) is 0.887. The Morgan fingerprint density at radius 1 is 1.38 bits per heavy atom. The Kier molecular flexibility index (Phi) is 3.99. The number of aryl methyl sites for hydroxylation is 1. The van der Waals surface area contributed by atoms with Crippen molar-refractivity contribution in [3.8, 4) is 0 Å². The molecule has 1 amide bonds. The van der Waals surface area contributed by atoms with E-state index in [9.17, 15) is 9.90 Å². The van der Waals surface area contributed by atoms with Crippen molar-refractivity contribution in [1.82, 2.24) is 14.7 Å². The van der Waals surface area contributed by atoms with Gasteiger partial charge in [0.05, 0.1) is 24.0 Å². The standard InChI is InChI=1S/C15H24N4O2/c1-11(20)12-5-7-18(9-12)14-4-3-6-19(15(14)21)13-8-16-17(2)10-13/h8,10-12,14,20H,3-7,9H2,1-2H3. The smallest absolute Gasteiger partial charge is 0.244 e. The van der Waals surface area contributed by atoms with Crippen LogP contribution in [0.1, 0.15) is 26.2 Å². The van der Waals surface area contributed by atoms with Gasteiger partial charge in [-0.05, 0) is 38.6 Å². The highest BCUT2D eigenvalue weighted by molar-refractivity contribution is 5.97. The molecule has 6 heteroatoms. The molecule has 0 saturated carbocycles. The fraction of sp³-hybridized carbons (Fsp3) is 0.733. The molecule has 2 aliphatic heterocycles. The fourth-order valence-corrected chi connectivity index (χ4v) is 3.49. The maximum Gasteiger partial charge on any atom is 0.244 e. The lowest BCUT2D eigenvalue weighted by Gasteiger charge is -2.36. The average Bonchev–Trinajstić information content (AvgIpc) is 3.08. The van der Waals surface area contributed by atoms with Crippen molar-refractivity contribution in [2.24, 2.45) is 13.0 Å². The zero-order valence-electron chi connectivity index (χ0n) is 12.8. The number of likely N-dealkylation sites (tertiary alicyclic amines) is 1. The number of carbonyl (C=O) groups is 1. The first kappa shape index (κ1) is 14.5. The Labute approximate surface area is 125 Å². The van der Waals surface area contributed by atoms with Crippen LogP contribution in [-0.4, -0.2) is 57.5 Å². The van der Waals surface area contributed by atoms with Crippen molar-refractivity contribution in [3.05, 3.63) is 12.4 Å². The van der Waals surface area contributed by atoms with Gasteiger partial charge in [-0.1, -0.05) is 0 Å². The molecule has 0 spiro atoms. The number of nitrogens with zero attached hydrogens (tertiary/aromatic N) is 4. The summed E-state index contributed by atoms with van der Waals surface area (Å²) in [6, 6.07) is -0.0392. The molecule has 2 fully saturated rings. The third-order valence-electron chi connectivity index (χ3n) is 4.79. The predicted octanol–water partition coefficient (Wildman–Crippen LogP) is 0.618. The van der Waals surface area contributed by atoms with Crippen LogP contribution in [0.15, 0.2) is 12.4 Å². The molecule has 2 saturated heterocycles. The second kappa shape index (κ2) is 5.77. The molecule has 3 heterocycles. The summed E-state index contributed by atoms with van der Waals surface area (Å²) in [6.45, 7) is 4.36. The zero-order valence-corrected chi connectivity index (χ0v) is 12.8. The van der Waals surface area contributed by atoms with Gasteiger partial charge in [0.1, 0.15) is 0 Å². The van der Waals surface area contributed by atoms with Crippen LogP contribution in [0.5, 0.6) is 0 Å². The summed E-state index contributed by atoms with van der Waals surface area (Å²) in [5.41, 5.74) is 0.887. The van der Waals surface area contributed by atoms with E-state index in [-0.39, 0.29) is 18.1 Å². The highest BCUT2D eigenvalue weighted by Crippen LogP contribution is 2.28. The summed E-state index contributed by atoms with van der Waals surface area (Å²) >= 11 is 0. The molecule has 1 aromatic rings. The van der Waals surface area contributed by atoms with Crippen LogP contribution in [-0.2, 0) is 11.8 Å². The summed E-state index contributed by atoms with van der Waals surface area (Å²) < 4.78 is 1.73. The number of piperidine rings is 1. The van der Waals surface area contributed by atoms with E-state index >= 15 is 0 Å². The zero-order chi connectivity index (χ0) is 15.0. The van der Waals surface area contributed by atoms with Gasteiger partial charge >= 0.3 is 0 Å². The Morgan fingerprint density at radius 3 is 2.81 bits per heavy atom. The van der Waals surface area contributed by atoms with E-state index in [1.807, 2.05) is 25.1 Å². The van der Waals surface area contributed by atoms with Crippen molar-refractivity contribution in [2.45, 2.75) is 38.3 Å². The van der Waals surface area contributed by atoms with Gasteiger partial charge in [0.2, 0.25) is 5.91 Å². The lowest BCUT2D eigenvalue weighted by Crippen LogP contribution is -2.52. The van der Waals surface area contributed by atoms with Crippen molar-refractivity contribution < 1.29 is 9.90 Å². The summed E-state index contributed by atoms with van der Waals surface area (Å²) in [5.74, 6) is 0.479. The van der Waals surface area contributed by atoms with Crippen LogP contribution in [0.3, 0.4) is 0 Å². The summed E-state index contributed by atoms with van der Waals surface area (Å²) in [5, 5.41) is 13.9. The van der Waals surface area contributed by atoms with Crippen LogP contribution < -0.4 is 4.90 Å². The van der Waals surface area contributed by atoms with Crippen molar-refractivity contribution in [2.75, 3.05) is 24.5 Å². The Balaban J connectivity index is 1.71. The second-order valence-corrected chi connectivity index (χ2v) is 6.30. The van der Waals surface area contributed by atoms with Crippen molar-refractivity contribution in [1.29, 1.82) is 0 Å². The van der Waals surface area contributed by atoms with E-state index in [4.69, 9.17) is 0 Å². The number of amides is 1. The molecule has 0 bridgehead atoms. The SMILES string of the molecule is CC(O)C1CCN(C2CCCN(c3cnn(C)c3)C2=O)C1. The van der Waals surface area contributed by atoms with Crippen LogP contribution >= 0.6 is 0 Å². The Hall–Kier alpha value is -1.40. The first-order valence-electron chi connectivity index (χ1n) is 7.78. The number of aliphatic hydroxyl groups excluding tert-OH is 1. The molecule has 1 N–H and O–H groups in total. The first-order valence-corrected chi connectivity index (χ1v) is 7.78. The lowest BCUT2D eigenvalue weighted by atomic mass is 10.0.